The molecule has 0 radical (unpaired) electrons. The lowest BCUT2D eigenvalue weighted by Gasteiger charge is -2.40. The highest BCUT2D eigenvalue weighted by molar-refractivity contribution is 5.74. The number of hydrogen-bond acceptors (Lipinski definition) is 11. The summed E-state index contributed by atoms with van der Waals surface area (Å²) in [6, 6.07) is 0. The molecule has 0 spiro atoms. The van der Waals surface area contributed by atoms with E-state index in [0.717, 1.165) is 96.3 Å². The number of rotatable bonds is 43. The first-order valence-electron chi connectivity index (χ1n) is 26.6. The molecule has 0 saturated carbocycles. The van der Waals surface area contributed by atoms with E-state index in [1.54, 1.807) is 0 Å². The molecular formula is C57H92O12. The summed E-state index contributed by atoms with van der Waals surface area (Å²) in [5, 5.41) is 31.3. The van der Waals surface area contributed by atoms with Gasteiger partial charge in [-0.1, -0.05) is 189 Å². The van der Waals surface area contributed by atoms with Crippen LogP contribution in [0.1, 0.15) is 201 Å². The Hall–Kier alpha value is -4.10. The van der Waals surface area contributed by atoms with Crippen molar-refractivity contribution in [1.29, 1.82) is 0 Å². The van der Waals surface area contributed by atoms with Gasteiger partial charge < -0.3 is 39.0 Å². The van der Waals surface area contributed by atoms with Gasteiger partial charge in [0, 0.05) is 19.3 Å². The summed E-state index contributed by atoms with van der Waals surface area (Å²) < 4.78 is 28.2. The fourth-order valence-corrected chi connectivity index (χ4v) is 7.45. The standard InChI is InChI=1S/C57H92O12/c1-4-7-10-13-16-19-22-24-25-27-29-31-34-37-40-43-49(58)65-46-48(67-50(59)44-41-38-35-33-30-26-23-20-17-14-11-8-5-2)47-66-57-55(53(62)52(61)54(69-57)56(63)64)68-51(60)45-42-39-36-32-28-21-18-15-12-9-6-3/h7-8,10-11,16-17,19-20,24-26,30,35,38,48,52-55,57,61-62H,4-6,9,12-15,18,21-23,27-29,31-34,36-37,39-47H2,1-3H3,(H,63,64)/b10-7-,11-8-,19-16-,20-17-,25-24-,30-26-,38-35-. The number of carboxylic acids is 1. The van der Waals surface area contributed by atoms with Crippen LogP contribution in [0.3, 0.4) is 0 Å². The van der Waals surface area contributed by atoms with Crippen molar-refractivity contribution in [1.82, 2.24) is 0 Å². The predicted molar refractivity (Wildman–Crippen MR) is 275 cm³/mol. The summed E-state index contributed by atoms with van der Waals surface area (Å²) in [4.78, 5) is 50.8. The largest absolute Gasteiger partial charge is 0.479 e. The molecule has 0 bridgehead atoms. The Morgan fingerprint density at radius 1 is 0.493 bits per heavy atom. The summed E-state index contributed by atoms with van der Waals surface area (Å²) >= 11 is 0. The lowest BCUT2D eigenvalue weighted by molar-refractivity contribution is -0.301. The van der Waals surface area contributed by atoms with Crippen LogP contribution in [0.25, 0.3) is 0 Å². The highest BCUT2D eigenvalue weighted by Gasteiger charge is 2.50. The second kappa shape index (κ2) is 45.1. The fraction of sp³-hybridized carbons (Fsp3) is 0.684. The average Bonchev–Trinajstić information content (AvgIpc) is 3.33. The molecule has 1 aliphatic rings. The van der Waals surface area contributed by atoms with Gasteiger partial charge in [0.25, 0.3) is 0 Å². The molecule has 392 valence electrons. The van der Waals surface area contributed by atoms with Crippen molar-refractivity contribution in [2.45, 2.75) is 237 Å². The number of unbranched alkanes of at least 4 members (excludes halogenated alkanes) is 15. The van der Waals surface area contributed by atoms with E-state index in [0.29, 0.717) is 25.7 Å². The molecule has 12 heteroatoms. The van der Waals surface area contributed by atoms with Gasteiger partial charge >= 0.3 is 23.9 Å². The van der Waals surface area contributed by atoms with Crippen LogP contribution in [0.2, 0.25) is 0 Å². The second-order valence-corrected chi connectivity index (χ2v) is 17.8. The molecule has 3 N–H and O–H groups in total. The molecule has 0 aromatic rings. The minimum atomic E-state index is -1.91. The third-order valence-corrected chi connectivity index (χ3v) is 11.5. The number of hydrogen-bond donors (Lipinski definition) is 3. The summed E-state index contributed by atoms with van der Waals surface area (Å²) in [7, 11) is 0. The maximum absolute atomic E-state index is 13.0. The maximum Gasteiger partial charge on any atom is 0.335 e. The highest BCUT2D eigenvalue weighted by Crippen LogP contribution is 2.26. The minimum absolute atomic E-state index is 0.0354. The lowest BCUT2D eigenvalue weighted by Crippen LogP contribution is -2.61. The molecule has 6 atom stereocenters. The Balaban J connectivity index is 2.78. The molecule has 0 aliphatic carbocycles. The van der Waals surface area contributed by atoms with Crippen LogP contribution in [-0.2, 0) is 42.9 Å². The molecule has 6 unspecified atom stereocenters. The number of aliphatic hydroxyl groups is 2. The molecular weight excluding hydrogens is 877 g/mol. The number of esters is 3. The van der Waals surface area contributed by atoms with Gasteiger partial charge in [0.15, 0.2) is 24.6 Å². The van der Waals surface area contributed by atoms with Crippen molar-refractivity contribution >= 4 is 23.9 Å². The van der Waals surface area contributed by atoms with E-state index in [4.69, 9.17) is 23.7 Å². The van der Waals surface area contributed by atoms with Gasteiger partial charge in [-0.25, -0.2) is 4.79 Å². The summed E-state index contributed by atoms with van der Waals surface area (Å²) in [6.07, 6.45) is 44.5. The number of ether oxygens (including phenoxy) is 5. The second-order valence-electron chi connectivity index (χ2n) is 17.8. The molecule has 0 amide bonds. The Kier molecular flexibility index (Phi) is 41.1. The smallest absolute Gasteiger partial charge is 0.335 e. The molecule has 1 fully saturated rings. The fourth-order valence-electron chi connectivity index (χ4n) is 7.45. The van der Waals surface area contributed by atoms with Crippen LogP contribution in [0.15, 0.2) is 85.1 Å². The molecule has 1 saturated heterocycles. The van der Waals surface area contributed by atoms with E-state index in [-0.39, 0.29) is 25.9 Å². The molecule has 69 heavy (non-hydrogen) atoms. The van der Waals surface area contributed by atoms with Gasteiger partial charge in [-0.15, -0.1) is 0 Å². The first kappa shape index (κ1) is 62.9. The monoisotopic (exact) mass is 969 g/mol. The van der Waals surface area contributed by atoms with Crippen molar-refractivity contribution in [2.24, 2.45) is 0 Å². The SMILES string of the molecule is CC/C=C\C/C=C\C/C=C\C/C=C\CCC(=O)OC(COC(=O)CCCCCCC/C=C\C/C=C\C/C=C\CC)COC1OC(C(=O)O)C(O)C(O)C1OC(=O)CCCCCCCCCCCCC. The molecule has 1 heterocycles. The van der Waals surface area contributed by atoms with Gasteiger partial charge in [0.1, 0.15) is 18.8 Å². The normalized spacial score (nSPS) is 19.3. The Labute approximate surface area is 416 Å². The van der Waals surface area contributed by atoms with E-state index in [1.807, 2.05) is 12.2 Å². The number of carbonyl (C=O) groups excluding carboxylic acids is 3. The third kappa shape index (κ3) is 35.6. The van der Waals surface area contributed by atoms with Crippen LogP contribution < -0.4 is 0 Å². The van der Waals surface area contributed by atoms with E-state index in [1.165, 1.54) is 38.5 Å². The maximum atomic E-state index is 13.0. The zero-order valence-corrected chi connectivity index (χ0v) is 42.8. The van der Waals surface area contributed by atoms with Crippen LogP contribution in [0.4, 0.5) is 0 Å². The third-order valence-electron chi connectivity index (χ3n) is 11.5. The molecule has 12 nitrogen and oxygen atoms in total. The van der Waals surface area contributed by atoms with Crippen molar-refractivity contribution in [3.8, 4) is 0 Å². The number of allylic oxidation sites excluding steroid dienone is 14. The number of carboxylic acid groups (broad SMARTS) is 1. The summed E-state index contributed by atoms with van der Waals surface area (Å²) in [5.41, 5.74) is 0. The topological polar surface area (TPSA) is 175 Å². The van der Waals surface area contributed by atoms with Crippen LogP contribution >= 0.6 is 0 Å². The van der Waals surface area contributed by atoms with Crippen LogP contribution in [-0.4, -0.2) is 89.2 Å². The average molecular weight is 969 g/mol. The molecule has 0 aromatic heterocycles. The highest BCUT2D eigenvalue weighted by atomic mass is 16.7. The van der Waals surface area contributed by atoms with E-state index >= 15 is 0 Å². The first-order valence-corrected chi connectivity index (χ1v) is 26.6. The van der Waals surface area contributed by atoms with Gasteiger partial charge in [-0.2, -0.15) is 0 Å². The van der Waals surface area contributed by atoms with Gasteiger partial charge in [0.2, 0.25) is 0 Å². The van der Waals surface area contributed by atoms with Crippen molar-refractivity contribution < 1.29 is 58.2 Å². The van der Waals surface area contributed by atoms with Crippen LogP contribution in [0.5, 0.6) is 0 Å². The number of carbonyl (C=O) groups is 4. The van der Waals surface area contributed by atoms with Crippen molar-refractivity contribution in [2.75, 3.05) is 13.2 Å². The molecule has 1 aliphatic heterocycles. The van der Waals surface area contributed by atoms with E-state index < -0.39 is 67.3 Å². The molecule has 1 rings (SSSR count). The molecule has 0 aromatic carbocycles. The first-order chi connectivity index (χ1) is 33.6. The number of aliphatic carboxylic acids is 1. The van der Waals surface area contributed by atoms with E-state index in [9.17, 15) is 34.5 Å². The Bertz CT molecular complexity index is 1530. The zero-order chi connectivity index (χ0) is 50.4. The van der Waals surface area contributed by atoms with Gasteiger partial charge in [-0.3, -0.25) is 14.4 Å². The summed E-state index contributed by atoms with van der Waals surface area (Å²) in [5.74, 6) is -3.26. The Morgan fingerprint density at radius 3 is 1.45 bits per heavy atom. The van der Waals surface area contributed by atoms with Crippen molar-refractivity contribution in [3.05, 3.63) is 85.1 Å². The van der Waals surface area contributed by atoms with Gasteiger partial charge in [0.05, 0.1) is 6.61 Å². The van der Waals surface area contributed by atoms with E-state index in [2.05, 4.69) is 93.7 Å². The lowest BCUT2D eigenvalue weighted by atomic mass is 9.98. The zero-order valence-electron chi connectivity index (χ0n) is 42.8. The predicted octanol–water partition coefficient (Wildman–Crippen LogP) is 12.8. The van der Waals surface area contributed by atoms with Crippen LogP contribution in [0, 0.1) is 0 Å². The minimum Gasteiger partial charge on any atom is -0.479 e. The quantitative estimate of drug-likeness (QED) is 0.0229. The van der Waals surface area contributed by atoms with Crippen molar-refractivity contribution in [3.63, 3.8) is 0 Å². The summed E-state index contributed by atoms with van der Waals surface area (Å²) in [6.45, 7) is 5.64. The Morgan fingerprint density at radius 2 is 0.942 bits per heavy atom. The number of aliphatic hydroxyl groups excluding tert-OH is 2. The van der Waals surface area contributed by atoms with Gasteiger partial charge in [-0.05, 0) is 77.0 Å².